The molecule has 0 spiro atoms. The molecule has 0 aliphatic carbocycles. The molecule has 0 aliphatic heterocycles. The number of benzene rings is 1. The Balaban J connectivity index is 1.86. The van der Waals surface area contributed by atoms with E-state index in [0.29, 0.717) is 0 Å². The lowest BCUT2D eigenvalue weighted by atomic mass is 10.1. The number of rotatable bonds is 3. The number of thiazole rings is 1. The molecule has 0 unspecified atom stereocenters. The van der Waals surface area contributed by atoms with Gasteiger partial charge in [-0.05, 0) is 30.8 Å². The van der Waals surface area contributed by atoms with E-state index < -0.39 is 0 Å². The summed E-state index contributed by atoms with van der Waals surface area (Å²) in [5.41, 5.74) is 3.41. The second kappa shape index (κ2) is 5.59. The molecular formula is C17H13N3S2. The van der Waals surface area contributed by atoms with Crippen LogP contribution in [0.15, 0.2) is 70.3 Å². The SMILES string of the molecule is Cc1ccc(-c2nc3sccn3c2Sc2ccccn2)cc1. The Labute approximate surface area is 136 Å². The zero-order chi connectivity index (χ0) is 14.9. The van der Waals surface area contributed by atoms with E-state index >= 15 is 0 Å². The Morgan fingerprint density at radius 1 is 1.09 bits per heavy atom. The highest BCUT2D eigenvalue weighted by atomic mass is 32.2. The van der Waals surface area contributed by atoms with E-state index in [2.05, 4.69) is 52.2 Å². The number of nitrogens with zero attached hydrogens (tertiary/aromatic N) is 3. The van der Waals surface area contributed by atoms with Crippen LogP contribution in [0.1, 0.15) is 5.56 Å². The van der Waals surface area contributed by atoms with Crippen molar-refractivity contribution in [1.82, 2.24) is 14.4 Å². The Morgan fingerprint density at radius 3 is 2.73 bits per heavy atom. The highest BCUT2D eigenvalue weighted by Gasteiger charge is 2.16. The van der Waals surface area contributed by atoms with Crippen LogP contribution in [0.2, 0.25) is 0 Å². The second-order valence-corrected chi connectivity index (χ2v) is 6.84. The van der Waals surface area contributed by atoms with Crippen molar-refractivity contribution in [2.45, 2.75) is 17.0 Å². The zero-order valence-electron chi connectivity index (χ0n) is 11.9. The molecule has 0 saturated heterocycles. The summed E-state index contributed by atoms with van der Waals surface area (Å²) in [6.45, 7) is 2.10. The average Bonchev–Trinajstić information content (AvgIpc) is 3.12. The van der Waals surface area contributed by atoms with Crippen LogP contribution in [0, 0.1) is 6.92 Å². The number of pyridine rings is 1. The molecule has 3 heterocycles. The van der Waals surface area contributed by atoms with Gasteiger partial charge in [-0.1, -0.05) is 35.9 Å². The van der Waals surface area contributed by atoms with Gasteiger partial charge in [0.15, 0.2) is 4.96 Å². The molecule has 0 N–H and O–H groups in total. The monoisotopic (exact) mass is 323 g/mol. The maximum absolute atomic E-state index is 4.80. The molecule has 108 valence electrons. The first-order valence-electron chi connectivity index (χ1n) is 6.93. The molecule has 0 fully saturated rings. The number of aromatic nitrogens is 3. The highest BCUT2D eigenvalue weighted by molar-refractivity contribution is 7.99. The maximum Gasteiger partial charge on any atom is 0.195 e. The number of hydrogen-bond acceptors (Lipinski definition) is 4. The minimum atomic E-state index is 0.976. The first-order chi connectivity index (χ1) is 10.8. The molecular weight excluding hydrogens is 310 g/mol. The summed E-state index contributed by atoms with van der Waals surface area (Å²) in [5.74, 6) is 0. The van der Waals surface area contributed by atoms with E-state index in [9.17, 15) is 0 Å². The molecule has 5 heteroatoms. The van der Waals surface area contributed by atoms with E-state index in [1.165, 1.54) is 5.56 Å². The quantitative estimate of drug-likeness (QED) is 0.536. The zero-order valence-corrected chi connectivity index (χ0v) is 13.6. The van der Waals surface area contributed by atoms with E-state index in [1.54, 1.807) is 23.1 Å². The molecule has 3 nitrogen and oxygen atoms in total. The van der Waals surface area contributed by atoms with E-state index in [-0.39, 0.29) is 0 Å². The Morgan fingerprint density at radius 2 is 1.95 bits per heavy atom. The summed E-state index contributed by atoms with van der Waals surface area (Å²) in [7, 11) is 0. The van der Waals surface area contributed by atoms with Crippen molar-refractivity contribution >= 4 is 28.1 Å². The van der Waals surface area contributed by atoms with Gasteiger partial charge in [-0.15, -0.1) is 11.3 Å². The number of imidazole rings is 1. The average molecular weight is 323 g/mol. The van der Waals surface area contributed by atoms with Crippen molar-refractivity contribution < 1.29 is 0 Å². The molecule has 4 rings (SSSR count). The highest BCUT2D eigenvalue weighted by Crippen LogP contribution is 2.36. The molecule has 1 aromatic carbocycles. The van der Waals surface area contributed by atoms with Crippen molar-refractivity contribution in [3.05, 3.63) is 65.8 Å². The first kappa shape index (κ1) is 13.5. The van der Waals surface area contributed by atoms with Crippen molar-refractivity contribution in [3.63, 3.8) is 0 Å². The minimum Gasteiger partial charge on any atom is -0.284 e. The fraction of sp³-hybridized carbons (Fsp3) is 0.0588. The summed E-state index contributed by atoms with van der Waals surface area (Å²) in [5, 5.41) is 4.15. The van der Waals surface area contributed by atoms with Gasteiger partial charge in [-0.2, -0.15) is 0 Å². The third kappa shape index (κ3) is 2.42. The van der Waals surface area contributed by atoms with Gasteiger partial charge in [-0.25, -0.2) is 9.97 Å². The molecule has 0 atom stereocenters. The lowest BCUT2D eigenvalue weighted by molar-refractivity contribution is 1.06. The van der Waals surface area contributed by atoms with E-state index in [1.807, 2.05) is 24.4 Å². The van der Waals surface area contributed by atoms with Crippen LogP contribution in [0.5, 0.6) is 0 Å². The molecule has 0 aliphatic rings. The normalized spacial score (nSPS) is 11.1. The van der Waals surface area contributed by atoms with Crippen molar-refractivity contribution in [2.75, 3.05) is 0 Å². The Kier molecular flexibility index (Phi) is 3.44. The van der Waals surface area contributed by atoms with Crippen LogP contribution in [0.4, 0.5) is 0 Å². The smallest absolute Gasteiger partial charge is 0.195 e. The Hall–Kier alpha value is -2.11. The molecule has 4 aromatic rings. The van der Waals surface area contributed by atoms with E-state index in [0.717, 1.165) is 26.3 Å². The third-order valence-corrected chi connectivity index (χ3v) is 5.17. The van der Waals surface area contributed by atoms with Crippen molar-refractivity contribution in [1.29, 1.82) is 0 Å². The topological polar surface area (TPSA) is 30.2 Å². The van der Waals surface area contributed by atoms with Crippen molar-refractivity contribution in [3.8, 4) is 11.3 Å². The van der Waals surface area contributed by atoms with Crippen LogP contribution >= 0.6 is 23.1 Å². The van der Waals surface area contributed by atoms with Crippen molar-refractivity contribution in [2.24, 2.45) is 0 Å². The van der Waals surface area contributed by atoms with E-state index in [4.69, 9.17) is 4.98 Å². The molecule has 0 amide bonds. The molecule has 0 radical (unpaired) electrons. The van der Waals surface area contributed by atoms with Gasteiger partial charge >= 0.3 is 0 Å². The number of aryl methyl sites for hydroxylation is 1. The molecule has 3 aromatic heterocycles. The maximum atomic E-state index is 4.80. The van der Waals surface area contributed by atoms with Crippen LogP contribution < -0.4 is 0 Å². The van der Waals surface area contributed by atoms with Gasteiger partial charge in [-0.3, -0.25) is 4.40 Å². The lowest BCUT2D eigenvalue weighted by Gasteiger charge is -2.04. The van der Waals surface area contributed by atoms with Gasteiger partial charge in [0, 0.05) is 23.3 Å². The van der Waals surface area contributed by atoms with Crippen LogP contribution in [-0.4, -0.2) is 14.4 Å². The predicted octanol–water partition coefficient (Wildman–Crippen LogP) is 4.92. The Bertz CT molecular complexity index is 908. The summed E-state index contributed by atoms with van der Waals surface area (Å²) >= 11 is 3.30. The molecule has 0 bridgehead atoms. The van der Waals surface area contributed by atoms with Crippen LogP contribution in [0.25, 0.3) is 16.2 Å². The van der Waals surface area contributed by atoms with Gasteiger partial charge < -0.3 is 0 Å². The summed E-state index contributed by atoms with van der Waals surface area (Å²) < 4.78 is 2.14. The third-order valence-electron chi connectivity index (χ3n) is 3.38. The minimum absolute atomic E-state index is 0.976. The van der Waals surface area contributed by atoms with Gasteiger partial charge in [0.2, 0.25) is 0 Å². The fourth-order valence-corrected chi connectivity index (χ4v) is 4.00. The summed E-state index contributed by atoms with van der Waals surface area (Å²) in [6.07, 6.45) is 3.88. The summed E-state index contributed by atoms with van der Waals surface area (Å²) in [4.78, 5) is 10.2. The number of hydrogen-bond donors (Lipinski definition) is 0. The second-order valence-electron chi connectivity index (χ2n) is 4.96. The fourth-order valence-electron chi connectivity index (χ4n) is 2.27. The largest absolute Gasteiger partial charge is 0.284 e. The first-order valence-corrected chi connectivity index (χ1v) is 8.62. The van der Waals surface area contributed by atoms with Crippen LogP contribution in [0.3, 0.4) is 0 Å². The van der Waals surface area contributed by atoms with Gasteiger partial charge in [0.1, 0.15) is 15.7 Å². The number of fused-ring (bicyclic) bond motifs is 1. The predicted molar refractivity (Wildman–Crippen MR) is 91.6 cm³/mol. The van der Waals surface area contributed by atoms with Gasteiger partial charge in [0.05, 0.1) is 0 Å². The molecule has 22 heavy (non-hydrogen) atoms. The van der Waals surface area contributed by atoms with Crippen LogP contribution in [-0.2, 0) is 0 Å². The molecule has 0 saturated carbocycles. The van der Waals surface area contributed by atoms with Gasteiger partial charge in [0.25, 0.3) is 0 Å². The standard InChI is InChI=1S/C17H13N3S2/c1-12-5-7-13(8-6-12)15-16(20-10-11-21-17(20)19-15)22-14-4-2-3-9-18-14/h2-11H,1H3. The summed E-state index contributed by atoms with van der Waals surface area (Å²) in [6, 6.07) is 14.5. The lowest BCUT2D eigenvalue weighted by Crippen LogP contribution is -1.86.